The van der Waals surface area contributed by atoms with E-state index in [-0.39, 0.29) is 5.04 Å². The highest BCUT2D eigenvalue weighted by Gasteiger charge is 2.40. The Bertz CT molecular complexity index is 804. The van der Waals surface area contributed by atoms with Gasteiger partial charge in [0.25, 0.3) is 8.32 Å². The molecule has 142 valence electrons. The van der Waals surface area contributed by atoms with Crippen LogP contribution in [0.3, 0.4) is 0 Å². The van der Waals surface area contributed by atoms with Crippen molar-refractivity contribution in [1.29, 1.82) is 0 Å². The van der Waals surface area contributed by atoms with Crippen LogP contribution in [0.25, 0.3) is 0 Å². The largest absolute Gasteiger partial charge is 0.543 e. The van der Waals surface area contributed by atoms with Crippen molar-refractivity contribution in [1.82, 2.24) is 0 Å². The van der Waals surface area contributed by atoms with Gasteiger partial charge in [0, 0.05) is 4.90 Å². The van der Waals surface area contributed by atoms with Crippen LogP contribution in [0, 0.1) is 27.7 Å². The Kier molecular flexibility index (Phi) is 5.89. The first kappa shape index (κ1) is 20.9. The molecule has 2 aromatic rings. The van der Waals surface area contributed by atoms with Crippen LogP contribution in [0.1, 0.15) is 43.0 Å². The molecule has 1 atom stereocenters. The fourth-order valence-corrected chi connectivity index (χ4v) is 5.37. The minimum atomic E-state index is -1.94. The lowest BCUT2D eigenvalue weighted by molar-refractivity contribution is 0.484. The van der Waals surface area contributed by atoms with Crippen molar-refractivity contribution < 1.29 is 8.63 Å². The van der Waals surface area contributed by atoms with Gasteiger partial charge >= 0.3 is 0 Å². The molecule has 0 bridgehead atoms. The van der Waals surface area contributed by atoms with Crippen LogP contribution in [-0.4, -0.2) is 12.5 Å². The summed E-state index contributed by atoms with van der Waals surface area (Å²) in [6.07, 6.45) is 0. The SMILES string of the molecule is Cc1c(C)c(S(=O)c2ccccc2)c(C)c(C)c1O[Si](C)(C)C(C)(C)C. The standard InChI is InChI=1S/C22H32O2SSi/c1-15-17(3)21(25(23)19-13-11-10-12-14-19)18(4)16(2)20(15)24-26(8,9)22(5,6)7/h10-14H,1-9H3. The summed E-state index contributed by atoms with van der Waals surface area (Å²) in [6.45, 7) is 19.6. The highest BCUT2D eigenvalue weighted by atomic mass is 32.2. The van der Waals surface area contributed by atoms with Gasteiger partial charge in [-0.25, -0.2) is 4.21 Å². The summed E-state index contributed by atoms with van der Waals surface area (Å²) in [5.41, 5.74) is 4.36. The molecular weight excluding hydrogens is 356 g/mol. The molecule has 0 aliphatic carbocycles. The van der Waals surface area contributed by atoms with Gasteiger partial charge in [0.1, 0.15) is 5.75 Å². The molecule has 0 spiro atoms. The third kappa shape index (κ3) is 3.81. The van der Waals surface area contributed by atoms with Gasteiger partial charge in [-0.1, -0.05) is 39.0 Å². The van der Waals surface area contributed by atoms with Crippen molar-refractivity contribution in [2.24, 2.45) is 0 Å². The van der Waals surface area contributed by atoms with Crippen molar-refractivity contribution in [2.75, 3.05) is 0 Å². The molecular formula is C22H32O2SSi. The molecule has 0 aromatic heterocycles. The smallest absolute Gasteiger partial charge is 0.250 e. The van der Waals surface area contributed by atoms with Crippen LogP contribution >= 0.6 is 0 Å². The van der Waals surface area contributed by atoms with E-state index < -0.39 is 19.1 Å². The Morgan fingerprint density at radius 1 is 0.846 bits per heavy atom. The minimum absolute atomic E-state index is 0.138. The Morgan fingerprint density at radius 3 is 1.73 bits per heavy atom. The second kappa shape index (κ2) is 7.32. The van der Waals surface area contributed by atoms with E-state index in [2.05, 4.69) is 61.6 Å². The maximum Gasteiger partial charge on any atom is 0.250 e. The van der Waals surface area contributed by atoms with Crippen molar-refractivity contribution in [3.8, 4) is 5.75 Å². The number of rotatable bonds is 4. The van der Waals surface area contributed by atoms with Crippen LogP contribution in [0.2, 0.25) is 18.1 Å². The quantitative estimate of drug-likeness (QED) is 0.561. The zero-order valence-corrected chi connectivity index (χ0v) is 19.4. The molecule has 26 heavy (non-hydrogen) atoms. The average molecular weight is 389 g/mol. The Balaban J connectivity index is 2.60. The Morgan fingerprint density at radius 2 is 1.31 bits per heavy atom. The van der Waals surface area contributed by atoms with E-state index in [0.717, 1.165) is 37.8 Å². The summed E-state index contributed by atoms with van der Waals surface area (Å²) < 4.78 is 19.9. The van der Waals surface area contributed by atoms with E-state index in [0.29, 0.717) is 0 Å². The lowest BCUT2D eigenvalue weighted by Crippen LogP contribution is -2.44. The monoisotopic (exact) mass is 388 g/mol. The lowest BCUT2D eigenvalue weighted by Gasteiger charge is -2.38. The molecule has 0 aliphatic rings. The molecule has 0 radical (unpaired) electrons. The molecule has 4 heteroatoms. The van der Waals surface area contributed by atoms with Gasteiger partial charge in [0.2, 0.25) is 0 Å². The van der Waals surface area contributed by atoms with Gasteiger partial charge < -0.3 is 4.43 Å². The fourth-order valence-electron chi connectivity index (χ4n) is 2.75. The maximum absolute atomic E-state index is 13.2. The van der Waals surface area contributed by atoms with E-state index >= 15 is 0 Å². The fraction of sp³-hybridized carbons (Fsp3) is 0.455. The molecule has 1 unspecified atom stereocenters. The zero-order valence-electron chi connectivity index (χ0n) is 17.6. The van der Waals surface area contributed by atoms with Crippen LogP contribution in [0.4, 0.5) is 0 Å². The topological polar surface area (TPSA) is 26.3 Å². The van der Waals surface area contributed by atoms with E-state index in [9.17, 15) is 4.21 Å². The Hall–Kier alpha value is -1.39. The van der Waals surface area contributed by atoms with Crippen molar-refractivity contribution in [2.45, 2.75) is 76.4 Å². The predicted octanol–water partition coefficient (Wildman–Crippen LogP) is 6.47. The molecule has 2 rings (SSSR count). The lowest BCUT2D eigenvalue weighted by atomic mass is 10.00. The van der Waals surface area contributed by atoms with Crippen molar-refractivity contribution in [3.63, 3.8) is 0 Å². The molecule has 0 saturated heterocycles. The minimum Gasteiger partial charge on any atom is -0.543 e. The van der Waals surface area contributed by atoms with E-state index in [1.54, 1.807) is 0 Å². The summed E-state index contributed by atoms with van der Waals surface area (Å²) in [4.78, 5) is 1.77. The predicted molar refractivity (Wildman–Crippen MR) is 114 cm³/mol. The van der Waals surface area contributed by atoms with Gasteiger partial charge in [-0.3, -0.25) is 0 Å². The van der Waals surface area contributed by atoms with E-state index in [1.807, 2.05) is 30.3 Å². The highest BCUT2D eigenvalue weighted by molar-refractivity contribution is 7.85. The van der Waals surface area contributed by atoms with Crippen LogP contribution in [-0.2, 0) is 10.8 Å². The second-order valence-electron chi connectivity index (χ2n) is 8.60. The third-order valence-corrected chi connectivity index (χ3v) is 11.8. The van der Waals surface area contributed by atoms with Crippen molar-refractivity contribution in [3.05, 3.63) is 52.6 Å². The van der Waals surface area contributed by atoms with Crippen LogP contribution in [0.15, 0.2) is 40.1 Å². The average Bonchev–Trinajstić information content (AvgIpc) is 2.57. The maximum atomic E-state index is 13.2. The first-order chi connectivity index (χ1) is 11.9. The van der Waals surface area contributed by atoms with Crippen molar-refractivity contribution >= 4 is 19.1 Å². The summed E-state index contributed by atoms with van der Waals surface area (Å²) in [5.74, 6) is 0.986. The molecule has 2 aromatic carbocycles. The number of hydrogen-bond acceptors (Lipinski definition) is 2. The van der Waals surface area contributed by atoms with Gasteiger partial charge in [0.05, 0.1) is 15.7 Å². The molecule has 0 N–H and O–H groups in total. The molecule has 0 amide bonds. The molecule has 0 saturated carbocycles. The first-order valence-electron chi connectivity index (χ1n) is 9.14. The summed E-state index contributed by atoms with van der Waals surface area (Å²) in [7, 11) is -3.12. The normalized spacial score (nSPS) is 13.6. The molecule has 0 fully saturated rings. The van der Waals surface area contributed by atoms with E-state index in [4.69, 9.17) is 4.43 Å². The third-order valence-electron chi connectivity index (χ3n) is 5.79. The number of benzene rings is 2. The second-order valence-corrected chi connectivity index (χ2v) is 14.7. The molecule has 0 heterocycles. The summed E-state index contributed by atoms with van der Waals surface area (Å²) in [5, 5.41) is 0.138. The molecule has 0 aliphatic heterocycles. The van der Waals surface area contributed by atoms with E-state index in [1.165, 1.54) is 0 Å². The van der Waals surface area contributed by atoms with Crippen LogP contribution in [0.5, 0.6) is 5.75 Å². The van der Waals surface area contributed by atoms with Crippen LogP contribution < -0.4 is 4.43 Å². The number of hydrogen-bond donors (Lipinski definition) is 0. The van der Waals surface area contributed by atoms with Gasteiger partial charge in [0.15, 0.2) is 0 Å². The highest BCUT2D eigenvalue weighted by Crippen LogP contribution is 2.42. The first-order valence-corrected chi connectivity index (χ1v) is 13.2. The molecule has 2 nitrogen and oxygen atoms in total. The van der Waals surface area contributed by atoms with Gasteiger partial charge in [-0.15, -0.1) is 0 Å². The summed E-state index contributed by atoms with van der Waals surface area (Å²) in [6, 6.07) is 9.69. The van der Waals surface area contributed by atoms with Gasteiger partial charge in [-0.2, -0.15) is 0 Å². The van der Waals surface area contributed by atoms with Gasteiger partial charge in [-0.05, 0) is 80.2 Å². The summed E-state index contributed by atoms with van der Waals surface area (Å²) >= 11 is 0. The zero-order chi connectivity index (χ0) is 19.9. The Labute approximate surface area is 162 Å².